The maximum Gasteiger partial charge on any atom is 0.225 e. The van der Waals surface area contributed by atoms with Gasteiger partial charge in [-0.05, 0) is 25.0 Å². The van der Waals surface area contributed by atoms with Gasteiger partial charge in [-0.3, -0.25) is 9.59 Å². The first-order valence-corrected chi connectivity index (χ1v) is 11.5. The fraction of sp³-hybridized carbons (Fsp3) is 0.462. The smallest absolute Gasteiger partial charge is 0.225 e. The van der Waals surface area contributed by atoms with E-state index < -0.39 is 36.9 Å². The summed E-state index contributed by atoms with van der Waals surface area (Å²) < 4.78 is 23.4. The van der Waals surface area contributed by atoms with Crippen molar-refractivity contribution >= 4 is 11.8 Å². The van der Waals surface area contributed by atoms with Gasteiger partial charge in [-0.2, -0.15) is 0 Å². The summed E-state index contributed by atoms with van der Waals surface area (Å²) in [5, 5.41) is 5.98. The third-order valence-electron chi connectivity index (χ3n) is 5.77. The number of hydrogen-bond acceptors (Lipinski definition) is 6. The van der Waals surface area contributed by atoms with Gasteiger partial charge in [0.05, 0.1) is 24.9 Å². The number of benzene rings is 2. The van der Waals surface area contributed by atoms with Gasteiger partial charge >= 0.3 is 0 Å². The standard InChI is InChI=1S/C26H34N2O6/c1-17-25(19-11-7-5-8-12-19)33-23(31-3)16-22(30)28-18(2)26(20-13-9-6-10-14-20)34-24(32-4)15-21(29)27-17/h5-14,17-18,23-26H,15-16H2,1-4H3,(H,27,29)(H,28,30)/t17-,18-,23-,24+,25-,26-/m0/s1. The van der Waals surface area contributed by atoms with Crippen molar-refractivity contribution in [2.24, 2.45) is 0 Å². The van der Waals surface area contributed by atoms with Crippen LogP contribution in [-0.2, 0) is 28.5 Å². The topological polar surface area (TPSA) is 95.1 Å². The molecule has 0 aromatic heterocycles. The molecular weight excluding hydrogens is 436 g/mol. The third-order valence-corrected chi connectivity index (χ3v) is 5.77. The van der Waals surface area contributed by atoms with Crippen molar-refractivity contribution in [1.82, 2.24) is 10.6 Å². The molecule has 184 valence electrons. The number of amides is 2. The van der Waals surface area contributed by atoms with Crippen LogP contribution in [0.3, 0.4) is 0 Å². The van der Waals surface area contributed by atoms with Crippen LogP contribution in [0.25, 0.3) is 0 Å². The molecule has 2 aromatic rings. The summed E-state index contributed by atoms with van der Waals surface area (Å²) in [6.07, 6.45) is -2.69. The normalized spacial score (nSPS) is 29.5. The highest BCUT2D eigenvalue weighted by atomic mass is 16.7. The van der Waals surface area contributed by atoms with E-state index >= 15 is 0 Å². The van der Waals surface area contributed by atoms with Crippen molar-refractivity contribution in [3.63, 3.8) is 0 Å². The van der Waals surface area contributed by atoms with Crippen molar-refractivity contribution in [3.8, 4) is 0 Å². The van der Waals surface area contributed by atoms with Crippen molar-refractivity contribution in [3.05, 3.63) is 71.8 Å². The molecule has 1 aliphatic rings. The quantitative estimate of drug-likeness (QED) is 0.712. The predicted molar refractivity (Wildman–Crippen MR) is 127 cm³/mol. The van der Waals surface area contributed by atoms with E-state index in [1.54, 1.807) is 0 Å². The molecule has 1 heterocycles. The Balaban J connectivity index is 1.90. The summed E-state index contributed by atoms with van der Waals surface area (Å²) in [6, 6.07) is 18.2. The van der Waals surface area contributed by atoms with Gasteiger partial charge in [-0.15, -0.1) is 0 Å². The largest absolute Gasteiger partial charge is 0.355 e. The number of hydrogen-bond donors (Lipinski definition) is 2. The van der Waals surface area contributed by atoms with E-state index in [0.717, 1.165) is 11.1 Å². The number of nitrogens with one attached hydrogen (secondary N) is 2. The van der Waals surface area contributed by atoms with Crippen molar-refractivity contribution in [2.45, 2.75) is 63.6 Å². The Morgan fingerprint density at radius 2 is 1.03 bits per heavy atom. The molecule has 2 amide bonds. The van der Waals surface area contributed by atoms with Gasteiger partial charge in [0.2, 0.25) is 11.8 Å². The molecule has 6 atom stereocenters. The number of carbonyl (C=O) groups excluding carboxylic acids is 2. The maximum atomic E-state index is 12.9. The average Bonchev–Trinajstić information content (AvgIpc) is 2.84. The van der Waals surface area contributed by atoms with Gasteiger partial charge in [0.25, 0.3) is 0 Å². The first-order chi connectivity index (χ1) is 16.4. The van der Waals surface area contributed by atoms with Crippen LogP contribution < -0.4 is 10.6 Å². The van der Waals surface area contributed by atoms with Crippen molar-refractivity contribution in [1.29, 1.82) is 0 Å². The van der Waals surface area contributed by atoms with Crippen LogP contribution in [-0.4, -0.2) is 50.7 Å². The third kappa shape index (κ3) is 7.11. The highest BCUT2D eigenvalue weighted by Gasteiger charge is 2.31. The van der Waals surface area contributed by atoms with E-state index in [4.69, 9.17) is 18.9 Å². The molecule has 1 fully saturated rings. The van der Waals surface area contributed by atoms with Crippen LogP contribution in [0.4, 0.5) is 0 Å². The summed E-state index contributed by atoms with van der Waals surface area (Å²) in [7, 11) is 2.99. The molecule has 8 nitrogen and oxygen atoms in total. The molecule has 34 heavy (non-hydrogen) atoms. The lowest BCUT2D eigenvalue weighted by Crippen LogP contribution is -2.45. The molecule has 8 heteroatoms. The van der Waals surface area contributed by atoms with Gasteiger partial charge in [0.15, 0.2) is 12.6 Å². The molecule has 0 radical (unpaired) electrons. The summed E-state index contributed by atoms with van der Waals surface area (Å²) in [5.74, 6) is -0.475. The Morgan fingerprint density at radius 1 is 0.676 bits per heavy atom. The van der Waals surface area contributed by atoms with Crippen LogP contribution in [0, 0.1) is 0 Å². The lowest BCUT2D eigenvalue weighted by molar-refractivity contribution is -0.184. The zero-order valence-electron chi connectivity index (χ0n) is 20.1. The van der Waals surface area contributed by atoms with Crippen LogP contribution >= 0.6 is 0 Å². The van der Waals surface area contributed by atoms with E-state index in [-0.39, 0.29) is 24.7 Å². The Bertz CT molecular complexity index is 835. The van der Waals surface area contributed by atoms with Crippen molar-refractivity contribution in [2.75, 3.05) is 14.2 Å². The van der Waals surface area contributed by atoms with Gasteiger partial charge in [-0.1, -0.05) is 60.7 Å². The Kier molecular flexibility index (Phi) is 9.59. The van der Waals surface area contributed by atoms with Crippen LogP contribution in [0.2, 0.25) is 0 Å². The predicted octanol–water partition coefficient (Wildman–Crippen LogP) is 3.25. The monoisotopic (exact) mass is 470 g/mol. The molecular formula is C26H34N2O6. The molecule has 0 bridgehead atoms. The Labute approximate surface area is 200 Å². The lowest BCUT2D eigenvalue weighted by atomic mass is 10.0. The molecule has 1 aliphatic heterocycles. The molecule has 2 N–H and O–H groups in total. The SMILES string of the molecule is CO[C@H]1CC(=O)N[C@@H](C)[C@@H](c2ccccc2)O[C@H](OC)CC(=O)N[C@@H](C)[C@@H](c2ccccc2)O1. The van der Waals surface area contributed by atoms with Crippen LogP contribution in [0.5, 0.6) is 0 Å². The minimum absolute atomic E-state index is 0.0138. The summed E-state index contributed by atoms with van der Waals surface area (Å²) >= 11 is 0. The lowest BCUT2D eigenvalue weighted by Gasteiger charge is -2.32. The number of ether oxygens (including phenoxy) is 4. The van der Waals surface area contributed by atoms with Gasteiger partial charge in [-0.25, -0.2) is 0 Å². The van der Waals surface area contributed by atoms with Gasteiger partial charge in [0.1, 0.15) is 12.2 Å². The highest BCUT2D eigenvalue weighted by Crippen LogP contribution is 2.27. The minimum Gasteiger partial charge on any atom is -0.355 e. The zero-order valence-corrected chi connectivity index (χ0v) is 20.1. The molecule has 0 spiro atoms. The molecule has 0 saturated carbocycles. The van der Waals surface area contributed by atoms with Gasteiger partial charge in [0, 0.05) is 14.2 Å². The second-order valence-corrected chi connectivity index (χ2v) is 8.39. The highest BCUT2D eigenvalue weighted by molar-refractivity contribution is 5.77. The van der Waals surface area contributed by atoms with E-state index in [0.29, 0.717) is 0 Å². The first-order valence-electron chi connectivity index (χ1n) is 11.5. The Morgan fingerprint density at radius 3 is 1.35 bits per heavy atom. The van der Waals surface area contributed by atoms with Crippen molar-refractivity contribution < 1.29 is 28.5 Å². The summed E-state index contributed by atoms with van der Waals surface area (Å²) in [4.78, 5) is 25.8. The van der Waals surface area contributed by atoms with E-state index in [1.807, 2.05) is 74.5 Å². The zero-order chi connectivity index (χ0) is 24.5. The van der Waals surface area contributed by atoms with Crippen LogP contribution in [0.15, 0.2) is 60.7 Å². The van der Waals surface area contributed by atoms with Gasteiger partial charge < -0.3 is 29.6 Å². The first kappa shape index (κ1) is 25.8. The van der Waals surface area contributed by atoms with E-state index in [1.165, 1.54) is 14.2 Å². The minimum atomic E-state index is -0.803. The molecule has 1 saturated heterocycles. The second-order valence-electron chi connectivity index (χ2n) is 8.39. The van der Waals surface area contributed by atoms with E-state index in [9.17, 15) is 9.59 Å². The molecule has 0 unspecified atom stereocenters. The average molecular weight is 471 g/mol. The van der Waals surface area contributed by atoms with Crippen LogP contribution in [0.1, 0.15) is 50.0 Å². The number of methoxy groups -OCH3 is 2. The number of rotatable bonds is 4. The fourth-order valence-corrected chi connectivity index (χ4v) is 4.04. The Hall–Kier alpha value is -2.78. The summed E-state index contributed by atoms with van der Waals surface area (Å²) in [6.45, 7) is 3.71. The number of carbonyl (C=O) groups is 2. The molecule has 2 aromatic carbocycles. The molecule has 0 aliphatic carbocycles. The summed E-state index contributed by atoms with van der Waals surface area (Å²) in [5.41, 5.74) is 1.73. The van der Waals surface area contributed by atoms with E-state index in [2.05, 4.69) is 10.6 Å². The maximum absolute atomic E-state index is 12.9. The fourth-order valence-electron chi connectivity index (χ4n) is 4.04. The second kappa shape index (κ2) is 12.6. The molecule has 3 rings (SSSR count).